The molecule has 0 radical (unpaired) electrons. The van der Waals surface area contributed by atoms with Crippen molar-refractivity contribution in [2.24, 2.45) is 0 Å². The lowest BCUT2D eigenvalue weighted by molar-refractivity contribution is -0.105. The molecule has 0 atom stereocenters. The van der Waals surface area contributed by atoms with Crippen LogP contribution < -0.4 is 10.2 Å². The van der Waals surface area contributed by atoms with Crippen LogP contribution in [0.25, 0.3) is 0 Å². The summed E-state index contributed by atoms with van der Waals surface area (Å²) in [5, 5.41) is 3.92. The number of anilines is 1. The van der Waals surface area contributed by atoms with Crippen LogP contribution in [0.1, 0.15) is 26.3 Å². The Kier molecular flexibility index (Phi) is 6.89. The molecule has 0 saturated carbocycles. The van der Waals surface area contributed by atoms with Crippen molar-refractivity contribution in [1.29, 1.82) is 0 Å². The first-order chi connectivity index (χ1) is 12.4. The minimum absolute atomic E-state index is 0.137. The van der Waals surface area contributed by atoms with E-state index in [0.29, 0.717) is 59.2 Å². The topological polar surface area (TPSA) is 18.5 Å². The molecule has 0 spiro atoms. The van der Waals surface area contributed by atoms with E-state index in [-0.39, 0.29) is 5.54 Å². The van der Waals surface area contributed by atoms with Gasteiger partial charge in [0.25, 0.3) is 0 Å². The number of rotatable bonds is 3. The van der Waals surface area contributed by atoms with Crippen LogP contribution in [0.15, 0.2) is 17.0 Å². The zero-order valence-electron chi connectivity index (χ0n) is 15.9. The molecule has 27 heavy (non-hydrogen) atoms. The van der Waals surface area contributed by atoms with E-state index in [1.165, 1.54) is 12.1 Å². The molecule has 0 unspecified atom stereocenters. The van der Waals surface area contributed by atoms with Gasteiger partial charge < -0.3 is 15.1 Å². The molecule has 1 fully saturated rings. The fourth-order valence-electron chi connectivity index (χ4n) is 2.75. The van der Waals surface area contributed by atoms with E-state index >= 15 is 0 Å². The highest BCUT2D eigenvalue weighted by molar-refractivity contribution is 7.99. The molecule has 0 aliphatic carbocycles. The van der Waals surface area contributed by atoms with Crippen LogP contribution in [0.5, 0.6) is 0 Å². The summed E-state index contributed by atoms with van der Waals surface area (Å²) in [5.41, 5.74) is 0.723. The van der Waals surface area contributed by atoms with Crippen molar-refractivity contribution in [3.63, 3.8) is 0 Å². The Morgan fingerprint density at radius 3 is 2.26 bits per heavy atom. The highest BCUT2D eigenvalue weighted by Gasteiger charge is 2.28. The summed E-state index contributed by atoms with van der Waals surface area (Å²) in [4.78, 5) is 4.35. The van der Waals surface area contributed by atoms with Gasteiger partial charge in [-0.15, -0.1) is 11.8 Å². The van der Waals surface area contributed by atoms with Crippen LogP contribution in [0.2, 0.25) is 0 Å². The number of benzene rings is 1. The molecule has 1 aliphatic rings. The number of thiocarbonyl (C=S) groups is 1. The Labute approximate surface area is 167 Å². The van der Waals surface area contributed by atoms with E-state index in [1.807, 2.05) is 30.6 Å². The summed E-state index contributed by atoms with van der Waals surface area (Å²) in [6.45, 7) is 10.1. The molecule has 0 amide bonds. The van der Waals surface area contributed by atoms with Gasteiger partial charge >= 0.3 is 6.18 Å². The zero-order chi connectivity index (χ0) is 20.4. The van der Waals surface area contributed by atoms with Gasteiger partial charge in [-0.05, 0) is 57.6 Å². The Hall–Kier alpha value is -1.22. The summed E-state index contributed by atoms with van der Waals surface area (Å²) in [5.74, 6) is -1.40. The molecule has 1 aliphatic heterocycles. The van der Waals surface area contributed by atoms with Gasteiger partial charge in [0.2, 0.25) is 0 Å². The van der Waals surface area contributed by atoms with Crippen molar-refractivity contribution in [3.05, 3.63) is 23.5 Å². The minimum atomic E-state index is -4.26. The molecule has 1 heterocycles. The number of alkyl halides is 3. The second kappa shape index (κ2) is 8.43. The molecule has 0 bridgehead atoms. The number of hydrogen-bond acceptors (Lipinski definition) is 3. The number of nitrogens with one attached hydrogen (secondary N) is 1. The van der Waals surface area contributed by atoms with E-state index < -0.39 is 17.7 Å². The van der Waals surface area contributed by atoms with Crippen molar-refractivity contribution in [2.75, 3.05) is 36.8 Å². The standard InChI is InChI=1S/C18H25F4N3S2/c1-12-9-13(19)14(10-15(12)27-11-18(20,21)22)24-5-7-25(8-6-24)16(26)23-17(2,3)4/h9-10H,5-8,11H2,1-4H3,(H,23,26). The predicted molar refractivity (Wildman–Crippen MR) is 107 cm³/mol. The van der Waals surface area contributed by atoms with E-state index in [9.17, 15) is 17.6 Å². The lowest BCUT2D eigenvalue weighted by atomic mass is 10.1. The van der Waals surface area contributed by atoms with Gasteiger partial charge in [-0.25, -0.2) is 4.39 Å². The highest BCUT2D eigenvalue weighted by Crippen LogP contribution is 2.34. The molecule has 1 N–H and O–H groups in total. The number of aryl methyl sites for hydroxylation is 1. The molecular formula is C18H25F4N3S2. The van der Waals surface area contributed by atoms with E-state index in [2.05, 4.69) is 5.32 Å². The Morgan fingerprint density at radius 2 is 1.74 bits per heavy atom. The summed E-state index contributed by atoms with van der Waals surface area (Å²) in [6, 6.07) is 2.84. The van der Waals surface area contributed by atoms with E-state index in [4.69, 9.17) is 12.2 Å². The lowest BCUT2D eigenvalue weighted by Gasteiger charge is -2.39. The summed E-state index contributed by atoms with van der Waals surface area (Å²) < 4.78 is 52.0. The predicted octanol–water partition coefficient (Wildman–Crippen LogP) is 4.58. The van der Waals surface area contributed by atoms with Gasteiger partial charge in [-0.2, -0.15) is 13.2 Å². The maximum Gasteiger partial charge on any atom is 0.398 e. The fourth-order valence-corrected chi connectivity index (χ4v) is 4.04. The molecule has 2 rings (SSSR count). The second-order valence-electron chi connectivity index (χ2n) is 7.63. The third-order valence-electron chi connectivity index (χ3n) is 4.03. The summed E-state index contributed by atoms with van der Waals surface area (Å²) in [6.07, 6.45) is -4.26. The Balaban J connectivity index is 2.06. The first-order valence-electron chi connectivity index (χ1n) is 8.67. The molecule has 1 aromatic rings. The minimum Gasteiger partial charge on any atom is -0.366 e. The van der Waals surface area contributed by atoms with Crippen molar-refractivity contribution in [2.45, 2.75) is 44.3 Å². The van der Waals surface area contributed by atoms with Crippen LogP contribution in [0, 0.1) is 12.7 Å². The van der Waals surface area contributed by atoms with Gasteiger partial charge in [-0.1, -0.05) is 0 Å². The molecular weight excluding hydrogens is 398 g/mol. The summed E-state index contributed by atoms with van der Waals surface area (Å²) >= 11 is 6.12. The van der Waals surface area contributed by atoms with E-state index in [0.717, 1.165) is 0 Å². The first kappa shape index (κ1) is 22.1. The third-order valence-corrected chi connectivity index (χ3v) is 5.61. The van der Waals surface area contributed by atoms with Crippen LogP contribution in [0.3, 0.4) is 0 Å². The summed E-state index contributed by atoms with van der Waals surface area (Å²) in [7, 11) is 0. The van der Waals surface area contributed by atoms with E-state index in [1.54, 1.807) is 6.92 Å². The monoisotopic (exact) mass is 423 g/mol. The van der Waals surface area contributed by atoms with Crippen LogP contribution >= 0.6 is 24.0 Å². The second-order valence-corrected chi connectivity index (χ2v) is 9.03. The van der Waals surface area contributed by atoms with Crippen LogP contribution in [-0.2, 0) is 0 Å². The fraction of sp³-hybridized carbons (Fsp3) is 0.611. The number of nitrogens with zero attached hydrogens (tertiary/aromatic N) is 2. The zero-order valence-corrected chi connectivity index (χ0v) is 17.5. The number of hydrogen-bond donors (Lipinski definition) is 1. The molecule has 1 aromatic carbocycles. The molecule has 152 valence electrons. The van der Waals surface area contributed by atoms with Crippen molar-refractivity contribution in [1.82, 2.24) is 10.2 Å². The third kappa shape index (κ3) is 6.71. The van der Waals surface area contributed by atoms with Gasteiger partial charge in [0.05, 0.1) is 11.4 Å². The quantitative estimate of drug-likeness (QED) is 0.434. The highest BCUT2D eigenvalue weighted by atomic mass is 32.2. The largest absolute Gasteiger partial charge is 0.398 e. The normalized spacial score (nSPS) is 15.9. The number of halogens is 4. The van der Waals surface area contributed by atoms with Gasteiger partial charge in [0, 0.05) is 36.6 Å². The smallest absolute Gasteiger partial charge is 0.366 e. The average Bonchev–Trinajstić information content (AvgIpc) is 2.52. The number of thioether (sulfide) groups is 1. The molecule has 1 saturated heterocycles. The molecule has 9 heteroatoms. The lowest BCUT2D eigenvalue weighted by Crippen LogP contribution is -2.55. The van der Waals surface area contributed by atoms with Crippen molar-refractivity contribution >= 4 is 34.8 Å². The van der Waals surface area contributed by atoms with Crippen molar-refractivity contribution < 1.29 is 17.6 Å². The van der Waals surface area contributed by atoms with Crippen molar-refractivity contribution in [3.8, 4) is 0 Å². The average molecular weight is 424 g/mol. The SMILES string of the molecule is Cc1cc(F)c(N2CCN(C(=S)NC(C)(C)C)CC2)cc1SCC(F)(F)F. The van der Waals surface area contributed by atoms with Crippen LogP contribution in [-0.4, -0.2) is 53.7 Å². The maximum atomic E-state index is 14.4. The van der Waals surface area contributed by atoms with Crippen LogP contribution in [0.4, 0.5) is 23.2 Å². The Bertz CT molecular complexity index is 678. The Morgan fingerprint density at radius 1 is 1.15 bits per heavy atom. The van der Waals surface area contributed by atoms with Gasteiger partial charge in [-0.3, -0.25) is 0 Å². The molecule has 3 nitrogen and oxygen atoms in total. The van der Waals surface area contributed by atoms with Gasteiger partial charge in [0.15, 0.2) is 5.11 Å². The maximum absolute atomic E-state index is 14.4. The van der Waals surface area contributed by atoms with Gasteiger partial charge in [0.1, 0.15) is 5.82 Å². The molecule has 0 aromatic heterocycles. The number of piperazine rings is 1. The first-order valence-corrected chi connectivity index (χ1v) is 10.1.